The van der Waals surface area contributed by atoms with Gasteiger partial charge in [0.1, 0.15) is 5.69 Å². The third-order valence-corrected chi connectivity index (χ3v) is 5.84. The van der Waals surface area contributed by atoms with Crippen LogP contribution in [0.2, 0.25) is 5.02 Å². The number of carbonyl (C=O) groups excluding carboxylic acids is 2. The summed E-state index contributed by atoms with van der Waals surface area (Å²) in [5.74, 6) is -0.399. The Morgan fingerprint density at radius 3 is 2.73 bits per heavy atom. The highest BCUT2D eigenvalue weighted by atomic mass is 35.5. The second kappa shape index (κ2) is 7.96. The lowest BCUT2D eigenvalue weighted by atomic mass is 10.0. The number of rotatable bonds is 3. The highest BCUT2D eigenvalue weighted by Crippen LogP contribution is 2.32. The molecule has 33 heavy (non-hydrogen) atoms. The van der Waals surface area contributed by atoms with Crippen LogP contribution in [-0.4, -0.2) is 42.5 Å². The molecule has 0 fully saturated rings. The molecule has 0 aliphatic carbocycles. The molecule has 0 saturated heterocycles. The van der Waals surface area contributed by atoms with E-state index in [-0.39, 0.29) is 6.54 Å². The number of primary amides is 1. The van der Waals surface area contributed by atoms with Crippen molar-refractivity contribution in [3.63, 3.8) is 0 Å². The number of urea groups is 1. The van der Waals surface area contributed by atoms with Crippen molar-refractivity contribution in [2.75, 3.05) is 11.9 Å². The number of amides is 3. The Morgan fingerprint density at radius 1 is 1.21 bits per heavy atom. The molecule has 3 amide bonds. The number of carbonyl (C=O) groups is 2. The molecular formula is C22H17ClN8O2. The van der Waals surface area contributed by atoms with Gasteiger partial charge >= 0.3 is 6.03 Å². The topological polar surface area (TPSA) is 134 Å². The molecule has 4 aromatic rings. The van der Waals surface area contributed by atoms with Crippen LogP contribution in [0.25, 0.3) is 16.8 Å². The van der Waals surface area contributed by atoms with E-state index in [9.17, 15) is 9.59 Å². The van der Waals surface area contributed by atoms with Gasteiger partial charge in [0.05, 0.1) is 59.0 Å². The zero-order valence-corrected chi connectivity index (χ0v) is 18.0. The summed E-state index contributed by atoms with van der Waals surface area (Å²) in [7, 11) is 0. The minimum Gasteiger partial charge on any atom is -0.351 e. The summed E-state index contributed by atoms with van der Waals surface area (Å²) in [6.07, 6.45) is 5.06. The van der Waals surface area contributed by atoms with Gasteiger partial charge in [-0.25, -0.2) is 9.78 Å². The number of nitrogens with two attached hydrogens (primary N) is 1. The molecule has 3 aromatic heterocycles. The van der Waals surface area contributed by atoms with E-state index in [1.807, 2.05) is 6.07 Å². The van der Waals surface area contributed by atoms with Gasteiger partial charge in [-0.1, -0.05) is 11.6 Å². The van der Waals surface area contributed by atoms with Crippen LogP contribution in [0.1, 0.15) is 21.6 Å². The second-order valence-corrected chi connectivity index (χ2v) is 7.97. The number of aromatic nitrogens is 4. The van der Waals surface area contributed by atoms with E-state index in [4.69, 9.17) is 22.6 Å². The quantitative estimate of drug-likeness (QED) is 0.484. The van der Waals surface area contributed by atoms with Gasteiger partial charge in [0, 0.05) is 24.0 Å². The third-order valence-electron chi connectivity index (χ3n) is 5.54. The largest absolute Gasteiger partial charge is 0.351 e. The standard InChI is InChI=1S/C22H17ClN8O2/c23-16-7-14(10-30-12-26-9-17(16)30)20-19(18-11-29(22(25)33)5-6-31(18)28-20)21(32)27-15-3-1-13(8-24)2-4-15/h1-4,7,9-10,12H,5-6,11H2,(H2,25,33)(H,27,32). The fourth-order valence-electron chi connectivity index (χ4n) is 3.89. The van der Waals surface area contributed by atoms with E-state index >= 15 is 0 Å². The number of nitrogens with one attached hydrogen (secondary N) is 1. The van der Waals surface area contributed by atoms with Crippen molar-refractivity contribution in [3.05, 3.63) is 70.9 Å². The number of imidazole rings is 1. The first-order valence-electron chi connectivity index (χ1n) is 10.0. The number of hydrogen-bond donors (Lipinski definition) is 2. The minimum absolute atomic E-state index is 0.152. The van der Waals surface area contributed by atoms with E-state index in [0.717, 1.165) is 5.52 Å². The van der Waals surface area contributed by atoms with Crippen molar-refractivity contribution in [1.29, 1.82) is 5.26 Å². The molecule has 11 heteroatoms. The Balaban J connectivity index is 1.62. The number of pyridine rings is 1. The van der Waals surface area contributed by atoms with Gasteiger partial charge < -0.3 is 20.4 Å². The number of anilines is 1. The molecule has 0 radical (unpaired) electrons. The molecule has 0 unspecified atom stereocenters. The van der Waals surface area contributed by atoms with Gasteiger partial charge in [-0.2, -0.15) is 10.4 Å². The monoisotopic (exact) mass is 460 g/mol. The molecule has 3 N–H and O–H groups in total. The number of benzene rings is 1. The Kier molecular flexibility index (Phi) is 4.95. The van der Waals surface area contributed by atoms with Crippen molar-refractivity contribution in [2.45, 2.75) is 13.1 Å². The van der Waals surface area contributed by atoms with Gasteiger partial charge in [0.25, 0.3) is 5.91 Å². The Bertz CT molecular complexity index is 1450. The van der Waals surface area contributed by atoms with Gasteiger partial charge in [0.2, 0.25) is 0 Å². The predicted octanol–water partition coefficient (Wildman–Crippen LogP) is 2.87. The third kappa shape index (κ3) is 3.64. The van der Waals surface area contributed by atoms with Crippen LogP contribution in [0.3, 0.4) is 0 Å². The number of nitriles is 1. The molecule has 4 heterocycles. The molecule has 1 aliphatic rings. The second-order valence-electron chi connectivity index (χ2n) is 7.56. The fourth-order valence-corrected chi connectivity index (χ4v) is 4.15. The molecule has 164 valence electrons. The van der Waals surface area contributed by atoms with Gasteiger partial charge in [0.15, 0.2) is 0 Å². The smallest absolute Gasteiger partial charge is 0.315 e. The lowest BCUT2D eigenvalue weighted by Gasteiger charge is -2.26. The molecule has 0 saturated carbocycles. The van der Waals surface area contributed by atoms with Crippen LogP contribution >= 0.6 is 11.6 Å². The van der Waals surface area contributed by atoms with E-state index in [2.05, 4.69) is 15.4 Å². The van der Waals surface area contributed by atoms with Crippen molar-refractivity contribution in [3.8, 4) is 17.3 Å². The average Bonchev–Trinajstić information content (AvgIpc) is 3.44. The lowest BCUT2D eigenvalue weighted by Crippen LogP contribution is -2.42. The van der Waals surface area contributed by atoms with Crippen LogP contribution in [0.5, 0.6) is 0 Å². The first kappa shape index (κ1) is 20.5. The molecule has 0 bridgehead atoms. The first-order chi connectivity index (χ1) is 15.9. The summed E-state index contributed by atoms with van der Waals surface area (Å²) in [6.45, 7) is 0.942. The minimum atomic E-state index is -0.565. The van der Waals surface area contributed by atoms with E-state index in [1.165, 1.54) is 4.90 Å². The van der Waals surface area contributed by atoms with Crippen molar-refractivity contribution < 1.29 is 9.59 Å². The maximum absolute atomic E-state index is 13.5. The van der Waals surface area contributed by atoms with Crippen LogP contribution in [0, 0.1) is 11.3 Å². The first-order valence-corrected chi connectivity index (χ1v) is 10.4. The van der Waals surface area contributed by atoms with Gasteiger partial charge in [-0.3, -0.25) is 9.48 Å². The van der Waals surface area contributed by atoms with Crippen molar-refractivity contribution in [2.24, 2.45) is 5.73 Å². The summed E-state index contributed by atoms with van der Waals surface area (Å²) in [6, 6.07) is 9.74. The lowest BCUT2D eigenvalue weighted by molar-refractivity contribution is 0.102. The summed E-state index contributed by atoms with van der Waals surface area (Å²) in [4.78, 5) is 30.8. The zero-order chi connectivity index (χ0) is 23.1. The molecule has 1 aromatic carbocycles. The SMILES string of the molecule is N#Cc1ccc(NC(=O)c2c(-c3cc(Cl)c4cncn4c3)nn3c2CN(C(N)=O)CC3)cc1. The zero-order valence-electron chi connectivity index (χ0n) is 17.2. The number of hydrogen-bond acceptors (Lipinski definition) is 5. The van der Waals surface area contributed by atoms with Crippen molar-refractivity contribution in [1.82, 2.24) is 24.1 Å². The average molecular weight is 461 g/mol. The fraction of sp³-hybridized carbons (Fsp3) is 0.136. The number of halogens is 1. The maximum Gasteiger partial charge on any atom is 0.315 e. The molecule has 1 aliphatic heterocycles. The van der Waals surface area contributed by atoms with E-state index in [0.29, 0.717) is 51.9 Å². The summed E-state index contributed by atoms with van der Waals surface area (Å²) in [5.41, 5.74) is 9.18. The van der Waals surface area contributed by atoms with E-state index < -0.39 is 11.9 Å². The normalized spacial score (nSPS) is 12.9. The number of fused-ring (bicyclic) bond motifs is 2. The summed E-state index contributed by atoms with van der Waals surface area (Å²) < 4.78 is 3.47. The van der Waals surface area contributed by atoms with Crippen LogP contribution in [0.4, 0.5) is 10.5 Å². The summed E-state index contributed by atoms with van der Waals surface area (Å²) in [5, 5.41) is 17.0. The Morgan fingerprint density at radius 2 is 2.00 bits per heavy atom. The van der Waals surface area contributed by atoms with E-state index in [1.54, 1.807) is 58.1 Å². The summed E-state index contributed by atoms with van der Waals surface area (Å²) >= 11 is 6.44. The Labute approximate surface area is 192 Å². The molecule has 5 rings (SSSR count). The number of nitrogens with zero attached hydrogens (tertiary/aromatic N) is 6. The highest BCUT2D eigenvalue weighted by Gasteiger charge is 2.30. The van der Waals surface area contributed by atoms with Crippen LogP contribution in [-0.2, 0) is 13.1 Å². The van der Waals surface area contributed by atoms with Gasteiger partial charge in [-0.15, -0.1) is 0 Å². The maximum atomic E-state index is 13.5. The predicted molar refractivity (Wildman–Crippen MR) is 121 cm³/mol. The highest BCUT2D eigenvalue weighted by molar-refractivity contribution is 6.34. The molecule has 0 atom stereocenters. The molecular weight excluding hydrogens is 444 g/mol. The molecule has 0 spiro atoms. The van der Waals surface area contributed by atoms with Crippen LogP contribution in [0.15, 0.2) is 49.1 Å². The van der Waals surface area contributed by atoms with Crippen LogP contribution < -0.4 is 11.1 Å². The van der Waals surface area contributed by atoms with Crippen molar-refractivity contribution >= 4 is 34.7 Å². The van der Waals surface area contributed by atoms with Gasteiger partial charge in [-0.05, 0) is 30.3 Å². The Hall–Kier alpha value is -4.36. The molecule has 10 nitrogen and oxygen atoms in total.